The summed E-state index contributed by atoms with van der Waals surface area (Å²) in [5, 5.41) is 5.87. The highest BCUT2D eigenvalue weighted by molar-refractivity contribution is 6.13. The Labute approximate surface area is 329 Å². The third-order valence-corrected chi connectivity index (χ3v) is 12.3. The zero-order valence-electron chi connectivity index (χ0n) is 31.6. The first kappa shape index (κ1) is 32.0. The Balaban J connectivity index is 1.16. The van der Waals surface area contributed by atoms with Crippen LogP contribution in [0.2, 0.25) is 0 Å². The van der Waals surface area contributed by atoms with Crippen LogP contribution < -0.4 is 0 Å². The minimum absolute atomic E-state index is 0.161. The number of nitrogens with zero attached hydrogens (tertiary/aromatic N) is 4. The molecule has 11 aromatic rings. The maximum atomic E-state index is 5.52. The van der Waals surface area contributed by atoms with Gasteiger partial charge in [-0.2, -0.15) is 0 Å². The molecule has 4 heteroatoms. The summed E-state index contributed by atoms with van der Waals surface area (Å²) in [5.41, 5.74) is 16.0. The van der Waals surface area contributed by atoms with Gasteiger partial charge in [-0.25, -0.2) is 9.97 Å². The molecule has 0 saturated heterocycles. The van der Waals surface area contributed by atoms with Crippen LogP contribution in [0.25, 0.3) is 99.7 Å². The fourth-order valence-corrected chi connectivity index (χ4v) is 9.59. The van der Waals surface area contributed by atoms with Crippen LogP contribution in [0.1, 0.15) is 25.0 Å². The van der Waals surface area contributed by atoms with E-state index in [2.05, 4.69) is 205 Å². The van der Waals surface area contributed by atoms with E-state index in [9.17, 15) is 0 Å². The minimum Gasteiger partial charge on any atom is -0.309 e. The second-order valence-electron chi connectivity index (χ2n) is 15.8. The molecule has 0 unspecified atom stereocenters. The molecule has 0 atom stereocenters. The Hall–Kier alpha value is -7.30. The Morgan fingerprint density at radius 1 is 0.386 bits per heavy atom. The van der Waals surface area contributed by atoms with E-state index in [1.807, 2.05) is 0 Å². The fourth-order valence-electron chi connectivity index (χ4n) is 9.59. The van der Waals surface area contributed by atoms with Gasteiger partial charge in [-0.15, -0.1) is 0 Å². The number of rotatable bonds is 4. The second-order valence-corrected chi connectivity index (χ2v) is 15.8. The predicted octanol–water partition coefficient (Wildman–Crippen LogP) is 13.5. The summed E-state index contributed by atoms with van der Waals surface area (Å²) in [5.74, 6) is 0.656. The summed E-state index contributed by atoms with van der Waals surface area (Å²) in [6.07, 6.45) is 0. The first-order valence-corrected chi connectivity index (χ1v) is 19.7. The number of benzene rings is 8. The van der Waals surface area contributed by atoms with Crippen LogP contribution in [-0.4, -0.2) is 19.1 Å². The Kier molecular flexibility index (Phi) is 6.65. The zero-order valence-corrected chi connectivity index (χ0v) is 31.6. The molecule has 57 heavy (non-hydrogen) atoms. The summed E-state index contributed by atoms with van der Waals surface area (Å²) in [6, 6.07) is 65.7. The quantitative estimate of drug-likeness (QED) is 0.181. The van der Waals surface area contributed by atoms with Gasteiger partial charge in [0.05, 0.1) is 33.3 Å². The van der Waals surface area contributed by atoms with E-state index in [1.165, 1.54) is 66.0 Å². The topological polar surface area (TPSA) is 35.6 Å². The van der Waals surface area contributed by atoms with Crippen LogP contribution >= 0.6 is 0 Å². The van der Waals surface area contributed by atoms with Gasteiger partial charge in [0.25, 0.3) is 0 Å². The maximum absolute atomic E-state index is 5.52. The van der Waals surface area contributed by atoms with Crippen LogP contribution in [0.3, 0.4) is 0 Å². The highest BCUT2D eigenvalue weighted by Gasteiger charge is 2.36. The number of hydrogen-bond donors (Lipinski definition) is 0. The summed E-state index contributed by atoms with van der Waals surface area (Å²) in [6.45, 7) is 4.70. The van der Waals surface area contributed by atoms with Gasteiger partial charge in [0.1, 0.15) is 0 Å². The summed E-state index contributed by atoms with van der Waals surface area (Å²) in [4.78, 5) is 10.9. The molecule has 0 aliphatic heterocycles. The molecule has 3 aromatic heterocycles. The lowest BCUT2D eigenvalue weighted by molar-refractivity contribution is 0.661. The summed E-state index contributed by atoms with van der Waals surface area (Å²) < 4.78 is 4.71. The molecule has 0 spiro atoms. The van der Waals surface area contributed by atoms with Gasteiger partial charge in [0, 0.05) is 43.6 Å². The minimum atomic E-state index is -0.161. The molecule has 0 saturated carbocycles. The van der Waals surface area contributed by atoms with E-state index in [0.29, 0.717) is 5.95 Å². The molecule has 0 fully saturated rings. The highest BCUT2D eigenvalue weighted by Crippen LogP contribution is 2.51. The van der Waals surface area contributed by atoms with Gasteiger partial charge in [0.15, 0.2) is 0 Å². The normalized spacial score (nSPS) is 13.2. The van der Waals surface area contributed by atoms with Crippen molar-refractivity contribution in [2.75, 3.05) is 0 Å². The molecule has 3 heterocycles. The van der Waals surface area contributed by atoms with Crippen molar-refractivity contribution in [2.24, 2.45) is 0 Å². The molecule has 1 aliphatic carbocycles. The lowest BCUT2D eigenvalue weighted by Gasteiger charge is -2.21. The van der Waals surface area contributed by atoms with Crippen molar-refractivity contribution in [3.8, 4) is 45.1 Å². The van der Waals surface area contributed by atoms with Crippen molar-refractivity contribution < 1.29 is 0 Å². The average molecular weight is 729 g/mol. The van der Waals surface area contributed by atoms with E-state index in [1.54, 1.807) is 0 Å². The molecular formula is C53H36N4. The van der Waals surface area contributed by atoms with Crippen molar-refractivity contribution in [3.05, 3.63) is 193 Å². The molecule has 12 rings (SSSR count). The van der Waals surface area contributed by atoms with Crippen molar-refractivity contribution in [3.63, 3.8) is 0 Å². The molecule has 8 aromatic carbocycles. The second kappa shape index (κ2) is 11.8. The third-order valence-electron chi connectivity index (χ3n) is 12.3. The van der Waals surface area contributed by atoms with Crippen LogP contribution in [-0.2, 0) is 5.41 Å². The summed E-state index contributed by atoms with van der Waals surface area (Å²) in [7, 11) is 0. The van der Waals surface area contributed by atoms with Gasteiger partial charge in [-0.1, -0.05) is 153 Å². The maximum Gasteiger partial charge on any atom is 0.235 e. The van der Waals surface area contributed by atoms with Crippen LogP contribution in [0.5, 0.6) is 0 Å². The molecule has 0 radical (unpaired) electrons. The fraction of sp³-hybridized carbons (Fsp3) is 0.0566. The Morgan fingerprint density at radius 3 is 1.75 bits per heavy atom. The van der Waals surface area contributed by atoms with Crippen LogP contribution in [0, 0.1) is 0 Å². The highest BCUT2D eigenvalue weighted by atomic mass is 15.2. The number of para-hydroxylation sites is 3. The van der Waals surface area contributed by atoms with E-state index >= 15 is 0 Å². The van der Waals surface area contributed by atoms with Crippen molar-refractivity contribution in [2.45, 2.75) is 19.3 Å². The number of fused-ring (bicyclic) bond motifs is 10. The molecule has 0 N–H and O–H groups in total. The van der Waals surface area contributed by atoms with Gasteiger partial charge in [-0.3, -0.25) is 4.57 Å². The van der Waals surface area contributed by atoms with E-state index in [4.69, 9.17) is 9.97 Å². The molecule has 0 amide bonds. The van der Waals surface area contributed by atoms with Crippen molar-refractivity contribution in [1.82, 2.24) is 19.1 Å². The standard InChI is InChI=1S/C53H36N4/c1-53(2)44-20-10-6-16-37(44)42-31-43-40-29-28-36(56-47-22-12-8-17-38(47)39-18-9-13-23-48(39)56)30-49(40)57(50(43)32-45(42)53)52-54-46-21-11-7-19-41(46)51(55-52)35-26-24-34(25-27-35)33-14-4-3-5-15-33/h3-32H,1-2H3. The smallest absolute Gasteiger partial charge is 0.235 e. The largest absolute Gasteiger partial charge is 0.309 e. The first-order chi connectivity index (χ1) is 28.0. The van der Waals surface area contributed by atoms with Crippen LogP contribution in [0.15, 0.2) is 182 Å². The van der Waals surface area contributed by atoms with Gasteiger partial charge in [0.2, 0.25) is 5.95 Å². The van der Waals surface area contributed by atoms with Gasteiger partial charge in [-0.05, 0) is 75.8 Å². The molecular weight excluding hydrogens is 693 g/mol. The molecule has 0 bridgehead atoms. The lowest BCUT2D eigenvalue weighted by atomic mass is 9.82. The van der Waals surface area contributed by atoms with Crippen molar-refractivity contribution >= 4 is 54.5 Å². The Morgan fingerprint density at radius 2 is 0.982 bits per heavy atom. The van der Waals surface area contributed by atoms with E-state index < -0.39 is 0 Å². The van der Waals surface area contributed by atoms with Gasteiger partial charge < -0.3 is 4.57 Å². The van der Waals surface area contributed by atoms with Crippen molar-refractivity contribution in [1.29, 1.82) is 0 Å². The third kappa shape index (κ3) is 4.62. The first-order valence-electron chi connectivity index (χ1n) is 19.7. The van der Waals surface area contributed by atoms with E-state index in [-0.39, 0.29) is 5.41 Å². The monoisotopic (exact) mass is 728 g/mol. The van der Waals surface area contributed by atoms with Gasteiger partial charge >= 0.3 is 0 Å². The number of aromatic nitrogens is 4. The average Bonchev–Trinajstić information content (AvgIpc) is 3.85. The zero-order chi connectivity index (χ0) is 37.8. The Bertz CT molecular complexity index is 3370. The predicted molar refractivity (Wildman–Crippen MR) is 237 cm³/mol. The summed E-state index contributed by atoms with van der Waals surface area (Å²) >= 11 is 0. The molecule has 4 nitrogen and oxygen atoms in total. The molecule has 1 aliphatic rings. The number of hydrogen-bond acceptors (Lipinski definition) is 2. The molecule has 268 valence electrons. The lowest BCUT2D eigenvalue weighted by Crippen LogP contribution is -2.15. The van der Waals surface area contributed by atoms with Crippen LogP contribution in [0.4, 0.5) is 0 Å². The van der Waals surface area contributed by atoms with E-state index in [0.717, 1.165) is 38.9 Å². The SMILES string of the molecule is CC1(C)c2ccccc2-c2cc3c4ccc(-n5c6ccccc6c6ccccc65)cc4n(-c4nc(-c5ccc(-c6ccccc6)cc5)c5ccccc5n4)c3cc21.